The van der Waals surface area contributed by atoms with Crippen LogP contribution in [0.15, 0.2) is 54.6 Å². The molecule has 31 heavy (non-hydrogen) atoms. The summed E-state index contributed by atoms with van der Waals surface area (Å²) in [6.07, 6.45) is 6.64. The molecule has 5 nitrogen and oxygen atoms in total. The zero-order chi connectivity index (χ0) is 21.7. The Morgan fingerprint density at radius 2 is 1.48 bits per heavy atom. The van der Waals surface area contributed by atoms with Gasteiger partial charge >= 0.3 is 0 Å². The van der Waals surface area contributed by atoms with Crippen molar-refractivity contribution in [2.45, 2.75) is 33.1 Å². The van der Waals surface area contributed by atoms with E-state index >= 15 is 0 Å². The van der Waals surface area contributed by atoms with E-state index in [4.69, 9.17) is 0 Å². The molecule has 1 N–H and O–H groups in total. The van der Waals surface area contributed by atoms with E-state index in [9.17, 15) is 14.4 Å². The molecule has 2 aliphatic carbocycles. The van der Waals surface area contributed by atoms with Crippen LogP contribution in [0.1, 0.15) is 41.8 Å². The number of nitrogens with one attached hydrogen (secondary N) is 1. The molecule has 5 rings (SSSR count). The van der Waals surface area contributed by atoms with Gasteiger partial charge in [0.2, 0.25) is 11.8 Å². The Bertz CT molecular complexity index is 1070. The number of hydrogen-bond acceptors (Lipinski definition) is 3. The Morgan fingerprint density at radius 1 is 0.903 bits per heavy atom. The van der Waals surface area contributed by atoms with Crippen molar-refractivity contribution >= 4 is 29.1 Å². The first-order valence-electron chi connectivity index (χ1n) is 11.1. The third kappa shape index (κ3) is 2.94. The van der Waals surface area contributed by atoms with Gasteiger partial charge in [0.15, 0.2) is 0 Å². The van der Waals surface area contributed by atoms with Gasteiger partial charge in [0.25, 0.3) is 5.91 Å². The summed E-state index contributed by atoms with van der Waals surface area (Å²) in [5.74, 6) is -0.935. The van der Waals surface area contributed by atoms with Crippen LogP contribution in [-0.4, -0.2) is 17.7 Å². The maximum Gasteiger partial charge on any atom is 0.257 e. The number of nitrogens with zero attached hydrogens (tertiary/aromatic N) is 1. The van der Waals surface area contributed by atoms with Crippen LogP contribution in [0.25, 0.3) is 0 Å². The summed E-state index contributed by atoms with van der Waals surface area (Å²) in [5, 5.41) is 3.07. The van der Waals surface area contributed by atoms with Gasteiger partial charge in [0.1, 0.15) is 0 Å². The Hall–Kier alpha value is -3.21. The summed E-state index contributed by atoms with van der Waals surface area (Å²) in [6.45, 7) is 4.11. The summed E-state index contributed by atoms with van der Waals surface area (Å²) in [6, 6.07) is 13.0. The van der Waals surface area contributed by atoms with E-state index in [1.165, 1.54) is 4.90 Å². The number of fused-ring (bicyclic) bond motifs is 5. The normalized spacial score (nSPS) is 25.9. The second kappa shape index (κ2) is 7.49. The van der Waals surface area contributed by atoms with Crippen LogP contribution in [0, 0.1) is 23.7 Å². The maximum atomic E-state index is 13.4. The largest absolute Gasteiger partial charge is 0.321 e. The number of imide groups is 1. The van der Waals surface area contributed by atoms with Gasteiger partial charge in [-0.25, -0.2) is 4.90 Å². The molecule has 1 heterocycles. The minimum Gasteiger partial charge on any atom is -0.321 e. The summed E-state index contributed by atoms with van der Waals surface area (Å²) in [5.41, 5.74) is 3.69. The summed E-state index contributed by atoms with van der Waals surface area (Å²) in [7, 11) is 0. The summed E-state index contributed by atoms with van der Waals surface area (Å²) in [4.78, 5) is 41.1. The van der Waals surface area contributed by atoms with Crippen molar-refractivity contribution in [3.63, 3.8) is 0 Å². The highest BCUT2D eigenvalue weighted by atomic mass is 16.2. The number of aryl methyl sites for hydroxylation is 2. The molecule has 1 aliphatic heterocycles. The smallest absolute Gasteiger partial charge is 0.257 e. The van der Waals surface area contributed by atoms with Crippen LogP contribution >= 0.6 is 0 Å². The Labute approximate surface area is 182 Å². The molecule has 2 aromatic rings. The highest BCUT2D eigenvalue weighted by Gasteiger charge is 2.59. The molecule has 0 radical (unpaired) electrons. The Balaban J connectivity index is 1.49. The van der Waals surface area contributed by atoms with Gasteiger partial charge in [-0.15, -0.1) is 0 Å². The fourth-order valence-corrected chi connectivity index (χ4v) is 5.58. The number of benzene rings is 2. The quantitative estimate of drug-likeness (QED) is 0.583. The van der Waals surface area contributed by atoms with Gasteiger partial charge in [0.05, 0.1) is 23.1 Å². The standard InChI is InChI=1S/C26H26N2O3/c1-3-15-8-7-9-16(4-2)23(15)27-24(29)19-10-5-6-11-20(19)28-25(30)21-17-12-13-18(14-17)22(21)26(28)31/h5-13,17-18,21-22H,3-4,14H2,1-2H3,(H,27,29)/t17-,18-,21-,22-/m0/s1. The minimum absolute atomic E-state index is 0.140. The Kier molecular flexibility index (Phi) is 4.77. The van der Waals surface area contributed by atoms with Crippen molar-refractivity contribution in [1.29, 1.82) is 0 Å². The van der Waals surface area contributed by atoms with Crippen molar-refractivity contribution in [3.8, 4) is 0 Å². The lowest BCUT2D eigenvalue weighted by Crippen LogP contribution is -2.34. The van der Waals surface area contributed by atoms with E-state index in [-0.39, 0.29) is 41.4 Å². The third-order valence-electron chi connectivity index (χ3n) is 7.10. The lowest BCUT2D eigenvalue weighted by Gasteiger charge is -2.21. The molecule has 1 saturated heterocycles. The van der Waals surface area contributed by atoms with E-state index in [1.54, 1.807) is 24.3 Å². The third-order valence-corrected chi connectivity index (χ3v) is 7.10. The van der Waals surface area contributed by atoms with E-state index in [0.29, 0.717) is 11.3 Å². The van der Waals surface area contributed by atoms with E-state index in [1.807, 2.05) is 18.2 Å². The molecular weight excluding hydrogens is 388 g/mol. The average Bonchev–Trinajstić information content (AvgIpc) is 3.47. The molecule has 4 atom stereocenters. The second-order valence-corrected chi connectivity index (χ2v) is 8.64. The molecule has 158 valence electrons. The van der Waals surface area contributed by atoms with Crippen LogP contribution in [0.2, 0.25) is 0 Å². The number of allylic oxidation sites excluding steroid dienone is 2. The highest BCUT2D eigenvalue weighted by Crippen LogP contribution is 2.53. The molecule has 3 aliphatic rings. The first-order chi connectivity index (χ1) is 15.0. The number of carbonyl (C=O) groups excluding carboxylic acids is 3. The molecule has 0 spiro atoms. The van der Waals surface area contributed by atoms with E-state index in [2.05, 4.69) is 31.3 Å². The SMILES string of the molecule is CCc1cccc(CC)c1NC(=O)c1ccccc1N1C(=O)[C@@H]2[C@@H](C1=O)[C@H]1C=C[C@H]2C1. The average molecular weight is 415 g/mol. The van der Waals surface area contributed by atoms with Gasteiger partial charge in [-0.2, -0.15) is 0 Å². The lowest BCUT2D eigenvalue weighted by atomic mass is 9.85. The summed E-state index contributed by atoms with van der Waals surface area (Å²) < 4.78 is 0. The number of carbonyl (C=O) groups is 3. The molecular formula is C26H26N2O3. The van der Waals surface area contributed by atoms with Crippen molar-refractivity contribution in [2.75, 3.05) is 10.2 Å². The molecule has 2 aromatic carbocycles. The number of anilines is 2. The topological polar surface area (TPSA) is 66.5 Å². The minimum atomic E-state index is -0.301. The van der Waals surface area contributed by atoms with Crippen LogP contribution in [0.4, 0.5) is 11.4 Å². The molecule has 5 heteroatoms. The fourth-order valence-electron chi connectivity index (χ4n) is 5.58. The zero-order valence-electron chi connectivity index (χ0n) is 17.8. The highest BCUT2D eigenvalue weighted by molar-refractivity contribution is 6.25. The van der Waals surface area contributed by atoms with E-state index in [0.717, 1.165) is 36.1 Å². The van der Waals surface area contributed by atoms with Crippen LogP contribution in [0.5, 0.6) is 0 Å². The Morgan fingerprint density at radius 3 is 2.06 bits per heavy atom. The monoisotopic (exact) mass is 414 g/mol. The van der Waals surface area contributed by atoms with Crippen molar-refractivity contribution in [2.24, 2.45) is 23.7 Å². The summed E-state index contributed by atoms with van der Waals surface area (Å²) >= 11 is 0. The van der Waals surface area contributed by atoms with Gasteiger partial charge in [0, 0.05) is 5.69 Å². The van der Waals surface area contributed by atoms with Crippen LogP contribution in [-0.2, 0) is 22.4 Å². The van der Waals surface area contributed by atoms with Crippen molar-refractivity contribution < 1.29 is 14.4 Å². The number of amides is 3. The fraction of sp³-hybridized carbons (Fsp3) is 0.346. The first-order valence-corrected chi connectivity index (χ1v) is 11.1. The number of hydrogen-bond donors (Lipinski definition) is 1. The van der Waals surface area contributed by atoms with Crippen LogP contribution < -0.4 is 10.2 Å². The molecule has 0 aromatic heterocycles. The van der Waals surface area contributed by atoms with Gasteiger partial charge < -0.3 is 5.32 Å². The molecule has 2 fully saturated rings. The second-order valence-electron chi connectivity index (χ2n) is 8.64. The number of para-hydroxylation sites is 2. The first kappa shape index (κ1) is 19.7. The van der Waals surface area contributed by atoms with Crippen molar-refractivity contribution in [1.82, 2.24) is 0 Å². The predicted octanol–water partition coefficient (Wildman–Crippen LogP) is 4.38. The van der Waals surface area contributed by atoms with E-state index < -0.39 is 0 Å². The molecule has 0 unspecified atom stereocenters. The predicted molar refractivity (Wildman–Crippen MR) is 120 cm³/mol. The molecule has 2 bridgehead atoms. The lowest BCUT2D eigenvalue weighted by molar-refractivity contribution is -0.123. The van der Waals surface area contributed by atoms with Gasteiger partial charge in [-0.3, -0.25) is 14.4 Å². The molecule has 3 amide bonds. The van der Waals surface area contributed by atoms with Crippen molar-refractivity contribution in [3.05, 3.63) is 71.3 Å². The van der Waals surface area contributed by atoms with Gasteiger partial charge in [-0.05, 0) is 54.4 Å². The maximum absolute atomic E-state index is 13.4. The van der Waals surface area contributed by atoms with Gasteiger partial charge in [-0.1, -0.05) is 56.3 Å². The number of rotatable bonds is 5. The zero-order valence-corrected chi connectivity index (χ0v) is 17.8. The molecule has 1 saturated carbocycles. The van der Waals surface area contributed by atoms with Crippen LogP contribution in [0.3, 0.4) is 0 Å².